The van der Waals surface area contributed by atoms with Crippen LogP contribution in [0.4, 0.5) is 0 Å². The number of hydrazone groups is 1. The molecule has 4 aromatic rings. The predicted molar refractivity (Wildman–Crippen MR) is 135 cm³/mol. The fourth-order valence-corrected chi connectivity index (χ4v) is 3.51. The number of ether oxygens (including phenoxy) is 3. The topological polar surface area (TPSA) is 86.2 Å². The predicted octanol–water partition coefficient (Wildman–Crippen LogP) is 5.25. The van der Waals surface area contributed by atoms with Crippen LogP contribution in [-0.2, 0) is 4.79 Å². The van der Waals surface area contributed by atoms with Crippen LogP contribution in [-0.4, -0.2) is 31.8 Å². The fourth-order valence-electron chi connectivity index (χ4n) is 3.30. The van der Waals surface area contributed by atoms with Crippen molar-refractivity contribution in [2.75, 3.05) is 13.7 Å². The smallest absolute Gasteiger partial charge is 0.345 e. The number of esters is 1. The lowest BCUT2D eigenvalue weighted by Crippen LogP contribution is -2.24. The van der Waals surface area contributed by atoms with Gasteiger partial charge in [0.2, 0.25) is 0 Å². The molecule has 0 fully saturated rings. The van der Waals surface area contributed by atoms with Crippen molar-refractivity contribution >= 4 is 40.5 Å². The van der Waals surface area contributed by atoms with E-state index in [0.717, 1.165) is 10.8 Å². The van der Waals surface area contributed by atoms with E-state index in [4.69, 9.17) is 25.8 Å². The maximum atomic E-state index is 12.7. The van der Waals surface area contributed by atoms with E-state index in [2.05, 4.69) is 10.5 Å². The molecule has 0 unspecified atom stereocenters. The number of nitrogens with one attached hydrogen (secondary N) is 1. The van der Waals surface area contributed by atoms with Crippen molar-refractivity contribution in [2.24, 2.45) is 5.10 Å². The van der Waals surface area contributed by atoms with Crippen LogP contribution >= 0.6 is 11.6 Å². The Bertz CT molecular complexity index is 1390. The number of benzene rings is 4. The summed E-state index contributed by atoms with van der Waals surface area (Å²) in [5, 5.41) is 6.05. The van der Waals surface area contributed by atoms with Crippen LogP contribution in [0.2, 0.25) is 5.02 Å². The Morgan fingerprint density at radius 2 is 1.63 bits per heavy atom. The number of halogens is 1. The molecule has 176 valence electrons. The molecule has 0 spiro atoms. The van der Waals surface area contributed by atoms with Crippen molar-refractivity contribution in [3.05, 3.63) is 101 Å². The van der Waals surface area contributed by atoms with E-state index in [9.17, 15) is 9.59 Å². The zero-order valence-electron chi connectivity index (χ0n) is 18.7. The first kappa shape index (κ1) is 23.8. The molecular weight excluding hydrogens is 468 g/mol. The first-order valence-corrected chi connectivity index (χ1v) is 11.0. The van der Waals surface area contributed by atoms with Crippen LogP contribution in [0.3, 0.4) is 0 Å². The van der Waals surface area contributed by atoms with Gasteiger partial charge in [-0.1, -0.05) is 54.1 Å². The van der Waals surface area contributed by atoms with Gasteiger partial charge in [0.25, 0.3) is 5.91 Å². The Hall–Kier alpha value is -4.36. The van der Waals surface area contributed by atoms with E-state index < -0.39 is 11.9 Å². The maximum absolute atomic E-state index is 12.7. The number of amides is 1. The van der Waals surface area contributed by atoms with E-state index in [1.54, 1.807) is 61.7 Å². The van der Waals surface area contributed by atoms with Gasteiger partial charge in [-0.25, -0.2) is 10.2 Å². The summed E-state index contributed by atoms with van der Waals surface area (Å²) in [6.45, 7) is -0.229. The Balaban J connectivity index is 1.49. The SMILES string of the molecule is COc1ccc(OCC(=O)NN=Cc2c(OC(=O)c3ccccc3Cl)ccc3ccccc23)cc1. The van der Waals surface area contributed by atoms with Gasteiger partial charge in [0.1, 0.15) is 17.2 Å². The van der Waals surface area contributed by atoms with Gasteiger partial charge < -0.3 is 14.2 Å². The van der Waals surface area contributed by atoms with E-state index in [-0.39, 0.29) is 22.9 Å². The number of rotatable bonds is 8. The summed E-state index contributed by atoms with van der Waals surface area (Å²) >= 11 is 6.13. The van der Waals surface area contributed by atoms with E-state index in [1.165, 1.54) is 6.21 Å². The van der Waals surface area contributed by atoms with Gasteiger partial charge in [0.05, 0.1) is 23.9 Å². The van der Waals surface area contributed by atoms with Crippen molar-refractivity contribution in [1.29, 1.82) is 0 Å². The zero-order valence-corrected chi connectivity index (χ0v) is 19.5. The summed E-state index contributed by atoms with van der Waals surface area (Å²) in [4.78, 5) is 24.9. The summed E-state index contributed by atoms with van der Waals surface area (Å²) in [7, 11) is 1.57. The highest BCUT2D eigenvalue weighted by atomic mass is 35.5. The highest BCUT2D eigenvalue weighted by molar-refractivity contribution is 6.33. The van der Waals surface area contributed by atoms with Gasteiger partial charge in [0.15, 0.2) is 6.61 Å². The molecule has 8 heteroatoms. The molecule has 0 aliphatic carbocycles. The first-order chi connectivity index (χ1) is 17.0. The third-order valence-corrected chi connectivity index (χ3v) is 5.37. The Morgan fingerprint density at radius 3 is 2.40 bits per heavy atom. The van der Waals surface area contributed by atoms with Crippen molar-refractivity contribution in [3.8, 4) is 17.2 Å². The van der Waals surface area contributed by atoms with Crippen molar-refractivity contribution < 1.29 is 23.8 Å². The fraction of sp³-hybridized carbons (Fsp3) is 0.0741. The van der Waals surface area contributed by atoms with Gasteiger partial charge in [-0.3, -0.25) is 4.79 Å². The molecule has 0 saturated heterocycles. The molecule has 7 nitrogen and oxygen atoms in total. The second-order valence-electron chi connectivity index (χ2n) is 7.33. The van der Waals surface area contributed by atoms with E-state index in [1.807, 2.05) is 30.3 Å². The van der Waals surface area contributed by atoms with Crippen LogP contribution in [0.1, 0.15) is 15.9 Å². The van der Waals surface area contributed by atoms with Crippen molar-refractivity contribution in [1.82, 2.24) is 5.43 Å². The minimum atomic E-state index is -0.600. The summed E-state index contributed by atoms with van der Waals surface area (Å²) in [5.41, 5.74) is 3.20. The minimum absolute atomic E-state index is 0.229. The first-order valence-electron chi connectivity index (χ1n) is 10.6. The molecule has 0 bridgehead atoms. The number of hydrogen-bond donors (Lipinski definition) is 1. The number of methoxy groups -OCH3 is 1. The molecule has 0 saturated carbocycles. The van der Waals surface area contributed by atoms with E-state index >= 15 is 0 Å². The molecule has 35 heavy (non-hydrogen) atoms. The second-order valence-corrected chi connectivity index (χ2v) is 7.73. The average Bonchev–Trinajstić information content (AvgIpc) is 2.89. The number of carbonyl (C=O) groups is 2. The zero-order chi connectivity index (χ0) is 24.6. The molecular formula is C27H21ClN2O5. The van der Waals surface area contributed by atoms with Gasteiger partial charge in [-0.05, 0) is 53.2 Å². The van der Waals surface area contributed by atoms with Crippen LogP contribution in [0.15, 0.2) is 90.0 Å². The minimum Gasteiger partial charge on any atom is -0.497 e. The third-order valence-electron chi connectivity index (χ3n) is 5.04. The Kier molecular flexibility index (Phi) is 7.60. The molecule has 4 aromatic carbocycles. The molecule has 0 aliphatic heterocycles. The molecule has 0 aliphatic rings. The van der Waals surface area contributed by atoms with Crippen molar-refractivity contribution in [2.45, 2.75) is 0 Å². The Morgan fingerprint density at radius 1 is 0.914 bits per heavy atom. The van der Waals surface area contributed by atoms with Gasteiger partial charge in [-0.15, -0.1) is 0 Å². The number of carbonyl (C=O) groups excluding carboxylic acids is 2. The van der Waals surface area contributed by atoms with Crippen LogP contribution in [0.25, 0.3) is 10.8 Å². The summed E-state index contributed by atoms with van der Waals surface area (Å²) in [6, 6.07) is 24.6. The quantitative estimate of drug-likeness (QED) is 0.158. The van der Waals surface area contributed by atoms with Gasteiger partial charge in [0, 0.05) is 5.56 Å². The lowest BCUT2D eigenvalue weighted by Gasteiger charge is -2.11. The molecule has 0 radical (unpaired) electrons. The lowest BCUT2D eigenvalue weighted by atomic mass is 10.0. The van der Waals surface area contributed by atoms with Crippen LogP contribution < -0.4 is 19.6 Å². The molecule has 4 rings (SSSR count). The molecule has 0 aromatic heterocycles. The lowest BCUT2D eigenvalue weighted by molar-refractivity contribution is -0.123. The highest BCUT2D eigenvalue weighted by Crippen LogP contribution is 2.28. The standard InChI is InChI=1S/C27H21ClN2O5/c1-33-19-11-13-20(14-12-19)34-17-26(31)30-29-16-23-21-7-3-2-6-18(21)10-15-25(23)35-27(32)22-8-4-5-9-24(22)28/h2-16H,17H2,1H3,(H,30,31). The monoisotopic (exact) mass is 488 g/mol. The van der Waals surface area contributed by atoms with Gasteiger partial charge >= 0.3 is 5.97 Å². The molecule has 1 amide bonds. The molecule has 0 heterocycles. The number of hydrogen-bond acceptors (Lipinski definition) is 6. The van der Waals surface area contributed by atoms with Crippen LogP contribution in [0, 0.1) is 0 Å². The maximum Gasteiger partial charge on any atom is 0.345 e. The molecule has 1 N–H and O–H groups in total. The summed E-state index contributed by atoms with van der Waals surface area (Å²) in [5.74, 6) is 0.436. The van der Waals surface area contributed by atoms with E-state index in [0.29, 0.717) is 17.1 Å². The Labute approximate surface area is 206 Å². The second kappa shape index (κ2) is 11.2. The van der Waals surface area contributed by atoms with Crippen LogP contribution in [0.5, 0.6) is 17.2 Å². The largest absolute Gasteiger partial charge is 0.497 e. The highest BCUT2D eigenvalue weighted by Gasteiger charge is 2.16. The molecule has 0 atom stereocenters. The van der Waals surface area contributed by atoms with Gasteiger partial charge in [-0.2, -0.15) is 5.10 Å². The number of nitrogens with zero attached hydrogens (tertiary/aromatic N) is 1. The number of fused-ring (bicyclic) bond motifs is 1. The van der Waals surface area contributed by atoms with Crippen molar-refractivity contribution in [3.63, 3.8) is 0 Å². The summed E-state index contributed by atoms with van der Waals surface area (Å²) in [6.07, 6.45) is 1.43. The summed E-state index contributed by atoms with van der Waals surface area (Å²) < 4.78 is 16.2. The normalized spacial score (nSPS) is 10.8. The average molecular weight is 489 g/mol. The third kappa shape index (κ3) is 5.96.